The van der Waals surface area contributed by atoms with Gasteiger partial charge in [-0.1, -0.05) is 253 Å². The number of hydrogen-bond acceptors (Lipinski definition) is 6. The molecule has 0 heterocycles. The van der Waals surface area contributed by atoms with Crippen molar-refractivity contribution in [2.45, 2.75) is 277 Å². The second-order valence-corrected chi connectivity index (χ2v) is 19.2. The lowest BCUT2D eigenvalue weighted by Crippen LogP contribution is -2.30. The van der Waals surface area contributed by atoms with Crippen molar-refractivity contribution in [1.82, 2.24) is 0 Å². The normalized spacial score (nSPS) is 12.8. The van der Waals surface area contributed by atoms with Gasteiger partial charge in [0.15, 0.2) is 6.10 Å². The average Bonchev–Trinajstić information content (AvgIpc) is 3.36. The largest absolute Gasteiger partial charge is 0.462 e. The Labute approximate surface area is 432 Å². The van der Waals surface area contributed by atoms with E-state index in [-0.39, 0.29) is 37.5 Å². The molecule has 0 fully saturated rings. The third-order valence-electron chi connectivity index (χ3n) is 12.3. The van der Waals surface area contributed by atoms with Crippen LogP contribution in [0.2, 0.25) is 0 Å². The molecule has 0 N–H and O–H groups in total. The summed E-state index contributed by atoms with van der Waals surface area (Å²) >= 11 is 0. The van der Waals surface area contributed by atoms with Crippen molar-refractivity contribution in [2.24, 2.45) is 0 Å². The summed E-state index contributed by atoms with van der Waals surface area (Å²) in [6.07, 6.45) is 76.9. The maximum atomic E-state index is 12.9. The lowest BCUT2D eigenvalue weighted by Gasteiger charge is -2.18. The van der Waals surface area contributed by atoms with Gasteiger partial charge in [-0.05, 0) is 96.3 Å². The van der Waals surface area contributed by atoms with E-state index in [4.69, 9.17) is 14.2 Å². The van der Waals surface area contributed by atoms with Crippen LogP contribution < -0.4 is 0 Å². The summed E-state index contributed by atoms with van der Waals surface area (Å²) in [5.74, 6) is -0.958. The van der Waals surface area contributed by atoms with E-state index in [1.807, 2.05) is 0 Å². The molecule has 6 nitrogen and oxygen atoms in total. The van der Waals surface area contributed by atoms with Crippen molar-refractivity contribution in [3.8, 4) is 0 Å². The van der Waals surface area contributed by atoms with Crippen LogP contribution in [-0.2, 0) is 28.6 Å². The minimum Gasteiger partial charge on any atom is -0.462 e. The van der Waals surface area contributed by atoms with Gasteiger partial charge in [-0.25, -0.2) is 0 Å². The highest BCUT2D eigenvalue weighted by molar-refractivity contribution is 5.71. The molecule has 0 aromatic heterocycles. The first-order valence-corrected chi connectivity index (χ1v) is 29.2. The summed E-state index contributed by atoms with van der Waals surface area (Å²) in [5.41, 5.74) is 0. The monoisotopic (exact) mass is 973 g/mol. The van der Waals surface area contributed by atoms with E-state index in [0.717, 1.165) is 89.9 Å². The molecule has 1 unspecified atom stereocenters. The van der Waals surface area contributed by atoms with Crippen LogP contribution in [0, 0.1) is 0 Å². The Bertz CT molecular complexity index is 1400. The molecule has 0 aliphatic rings. The van der Waals surface area contributed by atoms with E-state index in [9.17, 15) is 14.4 Å². The Kier molecular flexibility index (Phi) is 54.9. The number of carbonyl (C=O) groups excluding carboxylic acids is 3. The maximum absolute atomic E-state index is 12.9. The van der Waals surface area contributed by atoms with Crippen LogP contribution in [0.5, 0.6) is 0 Å². The number of ether oxygens (including phenoxy) is 3. The standard InChI is InChI=1S/C64H108O6/c1-4-7-10-13-16-19-22-25-27-29-30-31-32-33-34-36-37-39-42-45-48-51-54-57-63(66)69-60-61(59-68-62(65)56-53-50-47-44-41-24-21-18-15-12-9-6-3)70-64(67)58-55-52-49-46-43-40-38-35-28-26-23-20-17-14-11-8-5-2/h7,10,16,19,25-28,30-31,33-34,37,39,45,48,61H,4-6,8-9,11-15,17-18,20-24,29,32,35-36,38,40-44,46-47,49-60H2,1-3H3/b10-7-,19-16-,27-25-,28-26-,31-30-,34-33-,39-37-,48-45-. The third-order valence-corrected chi connectivity index (χ3v) is 12.3. The van der Waals surface area contributed by atoms with Crippen LogP contribution in [0.15, 0.2) is 97.2 Å². The van der Waals surface area contributed by atoms with Gasteiger partial charge >= 0.3 is 17.9 Å². The zero-order valence-corrected chi connectivity index (χ0v) is 45.8. The zero-order valence-electron chi connectivity index (χ0n) is 45.8. The van der Waals surface area contributed by atoms with Crippen molar-refractivity contribution < 1.29 is 28.6 Å². The van der Waals surface area contributed by atoms with Crippen molar-refractivity contribution >= 4 is 17.9 Å². The highest BCUT2D eigenvalue weighted by Gasteiger charge is 2.19. The summed E-state index contributed by atoms with van der Waals surface area (Å²) in [6, 6.07) is 0. The van der Waals surface area contributed by atoms with Gasteiger partial charge < -0.3 is 14.2 Å². The molecule has 0 saturated heterocycles. The molecular formula is C64H108O6. The zero-order chi connectivity index (χ0) is 50.7. The van der Waals surface area contributed by atoms with Crippen LogP contribution in [0.3, 0.4) is 0 Å². The topological polar surface area (TPSA) is 78.9 Å². The summed E-state index contributed by atoms with van der Waals surface area (Å²) in [6.45, 7) is 6.48. The van der Waals surface area contributed by atoms with Crippen molar-refractivity contribution in [1.29, 1.82) is 0 Å². The predicted molar refractivity (Wildman–Crippen MR) is 302 cm³/mol. The van der Waals surface area contributed by atoms with Gasteiger partial charge in [0, 0.05) is 19.3 Å². The lowest BCUT2D eigenvalue weighted by atomic mass is 10.0. The van der Waals surface area contributed by atoms with E-state index in [1.54, 1.807) is 0 Å². The Morgan fingerprint density at radius 3 is 0.943 bits per heavy atom. The van der Waals surface area contributed by atoms with Crippen LogP contribution >= 0.6 is 0 Å². The number of esters is 3. The summed E-state index contributed by atoms with van der Waals surface area (Å²) < 4.78 is 16.8. The second kappa shape index (κ2) is 57.9. The van der Waals surface area contributed by atoms with E-state index in [2.05, 4.69) is 118 Å². The van der Waals surface area contributed by atoms with Gasteiger partial charge in [0.2, 0.25) is 0 Å². The number of rotatable bonds is 52. The van der Waals surface area contributed by atoms with Gasteiger partial charge in [0.25, 0.3) is 0 Å². The second-order valence-electron chi connectivity index (χ2n) is 19.2. The molecule has 0 radical (unpaired) electrons. The average molecular weight is 974 g/mol. The fourth-order valence-corrected chi connectivity index (χ4v) is 7.96. The molecule has 0 aliphatic carbocycles. The minimum absolute atomic E-state index is 0.0956. The van der Waals surface area contributed by atoms with Crippen molar-refractivity contribution in [3.05, 3.63) is 97.2 Å². The fourth-order valence-electron chi connectivity index (χ4n) is 7.96. The number of allylic oxidation sites excluding steroid dienone is 16. The number of unbranched alkanes of at least 4 members (excludes halogenated alkanes) is 25. The van der Waals surface area contributed by atoms with Crippen LogP contribution in [0.4, 0.5) is 0 Å². The van der Waals surface area contributed by atoms with E-state index < -0.39 is 6.10 Å². The first-order valence-electron chi connectivity index (χ1n) is 29.2. The Hall–Kier alpha value is -3.67. The van der Waals surface area contributed by atoms with Crippen LogP contribution in [-0.4, -0.2) is 37.2 Å². The highest BCUT2D eigenvalue weighted by atomic mass is 16.6. The van der Waals surface area contributed by atoms with Crippen LogP contribution in [0.1, 0.15) is 271 Å². The summed E-state index contributed by atoms with van der Waals surface area (Å²) in [5, 5.41) is 0. The lowest BCUT2D eigenvalue weighted by molar-refractivity contribution is -0.167. The first kappa shape index (κ1) is 66.3. The molecule has 0 rings (SSSR count). The quantitative estimate of drug-likeness (QED) is 0.0262. The van der Waals surface area contributed by atoms with Gasteiger partial charge in [-0.2, -0.15) is 0 Å². The summed E-state index contributed by atoms with van der Waals surface area (Å²) in [7, 11) is 0. The SMILES string of the molecule is CC/C=C\C/C=C\C/C=C\C/C=C\C/C=C\C/C=C\C/C=C\CCCC(=O)OCC(COC(=O)CCCCCCCCCCCCCC)OC(=O)CCCCCCCCC/C=C\CCCCCCCC. The summed E-state index contributed by atoms with van der Waals surface area (Å²) in [4.78, 5) is 38.1. The van der Waals surface area contributed by atoms with Crippen LogP contribution in [0.25, 0.3) is 0 Å². The van der Waals surface area contributed by atoms with Crippen molar-refractivity contribution in [2.75, 3.05) is 13.2 Å². The van der Waals surface area contributed by atoms with Crippen molar-refractivity contribution in [3.63, 3.8) is 0 Å². The Morgan fingerprint density at radius 1 is 0.300 bits per heavy atom. The van der Waals surface area contributed by atoms with Gasteiger partial charge in [0.1, 0.15) is 13.2 Å². The van der Waals surface area contributed by atoms with Gasteiger partial charge in [0.05, 0.1) is 0 Å². The molecule has 0 aromatic rings. The van der Waals surface area contributed by atoms with E-state index >= 15 is 0 Å². The third kappa shape index (κ3) is 55.3. The molecule has 0 bridgehead atoms. The molecule has 0 saturated carbocycles. The molecule has 6 heteroatoms. The maximum Gasteiger partial charge on any atom is 0.306 e. The molecule has 400 valence electrons. The molecule has 70 heavy (non-hydrogen) atoms. The van der Waals surface area contributed by atoms with Gasteiger partial charge in [-0.3, -0.25) is 14.4 Å². The molecule has 0 aromatic carbocycles. The molecule has 0 spiro atoms. The molecular weight excluding hydrogens is 865 g/mol. The van der Waals surface area contributed by atoms with E-state index in [0.29, 0.717) is 19.3 Å². The number of carbonyl (C=O) groups is 3. The minimum atomic E-state index is -0.802. The van der Waals surface area contributed by atoms with Gasteiger partial charge in [-0.15, -0.1) is 0 Å². The Balaban J connectivity index is 4.45. The first-order chi connectivity index (χ1) is 34.5. The Morgan fingerprint density at radius 2 is 0.571 bits per heavy atom. The highest BCUT2D eigenvalue weighted by Crippen LogP contribution is 2.15. The molecule has 1 atom stereocenters. The molecule has 0 amide bonds. The fraction of sp³-hybridized carbons (Fsp3) is 0.703. The van der Waals surface area contributed by atoms with E-state index in [1.165, 1.54) is 135 Å². The number of hydrogen-bond donors (Lipinski definition) is 0. The smallest absolute Gasteiger partial charge is 0.306 e. The molecule has 0 aliphatic heterocycles. The predicted octanol–water partition coefficient (Wildman–Crippen LogP) is 19.7.